The molecule has 2 aromatic carbocycles. The lowest BCUT2D eigenvalue weighted by atomic mass is 10.1. The molecule has 6 nitrogen and oxygen atoms in total. The van der Waals surface area contributed by atoms with E-state index in [4.69, 9.17) is 9.47 Å². The van der Waals surface area contributed by atoms with Gasteiger partial charge >= 0.3 is 0 Å². The van der Waals surface area contributed by atoms with E-state index in [9.17, 15) is 9.59 Å². The SMILES string of the molecule is COc1ccccc1NC(=O)[C@H]1COCC(=O)N1Cc1ccccc1. The molecule has 0 unspecified atom stereocenters. The molecule has 2 aromatic rings. The summed E-state index contributed by atoms with van der Waals surface area (Å²) in [4.78, 5) is 26.6. The molecule has 0 bridgehead atoms. The quantitative estimate of drug-likeness (QED) is 0.905. The molecule has 0 aliphatic carbocycles. The van der Waals surface area contributed by atoms with Crippen molar-refractivity contribution in [2.75, 3.05) is 25.6 Å². The number of hydrogen-bond acceptors (Lipinski definition) is 4. The highest BCUT2D eigenvalue weighted by atomic mass is 16.5. The molecule has 1 fully saturated rings. The lowest BCUT2D eigenvalue weighted by molar-refractivity contribution is -0.154. The maximum absolute atomic E-state index is 12.7. The molecule has 6 heteroatoms. The average Bonchev–Trinajstić information content (AvgIpc) is 2.64. The summed E-state index contributed by atoms with van der Waals surface area (Å²) in [7, 11) is 1.54. The smallest absolute Gasteiger partial charge is 0.249 e. The van der Waals surface area contributed by atoms with Crippen molar-refractivity contribution in [3.05, 3.63) is 60.2 Å². The molecule has 1 saturated heterocycles. The van der Waals surface area contributed by atoms with E-state index in [1.165, 1.54) is 0 Å². The topological polar surface area (TPSA) is 67.9 Å². The number of carbonyl (C=O) groups excluding carboxylic acids is 2. The molecule has 2 amide bonds. The van der Waals surface area contributed by atoms with Crippen molar-refractivity contribution in [2.24, 2.45) is 0 Å². The maximum atomic E-state index is 12.7. The van der Waals surface area contributed by atoms with E-state index in [1.54, 1.807) is 24.1 Å². The van der Waals surface area contributed by atoms with Gasteiger partial charge in [-0.05, 0) is 17.7 Å². The van der Waals surface area contributed by atoms with Gasteiger partial charge in [0.2, 0.25) is 11.8 Å². The summed E-state index contributed by atoms with van der Waals surface area (Å²) in [6.07, 6.45) is 0. The molecule has 25 heavy (non-hydrogen) atoms. The largest absolute Gasteiger partial charge is 0.495 e. The Morgan fingerprint density at radius 1 is 1.20 bits per heavy atom. The molecule has 1 atom stereocenters. The van der Waals surface area contributed by atoms with E-state index < -0.39 is 6.04 Å². The van der Waals surface area contributed by atoms with Crippen molar-refractivity contribution in [3.8, 4) is 5.75 Å². The lowest BCUT2D eigenvalue weighted by Crippen LogP contribution is -2.54. The molecule has 0 radical (unpaired) electrons. The minimum atomic E-state index is -0.689. The second kappa shape index (κ2) is 7.81. The first-order valence-corrected chi connectivity index (χ1v) is 8.04. The zero-order chi connectivity index (χ0) is 17.6. The number of morpholine rings is 1. The van der Waals surface area contributed by atoms with E-state index in [-0.39, 0.29) is 25.0 Å². The number of amides is 2. The van der Waals surface area contributed by atoms with Crippen LogP contribution in [0.1, 0.15) is 5.56 Å². The normalized spacial score (nSPS) is 17.2. The number of anilines is 1. The summed E-state index contributed by atoms with van der Waals surface area (Å²) in [5.41, 5.74) is 1.53. The van der Waals surface area contributed by atoms with Crippen LogP contribution in [0.2, 0.25) is 0 Å². The van der Waals surface area contributed by atoms with Gasteiger partial charge in [-0.25, -0.2) is 0 Å². The Labute approximate surface area is 146 Å². The van der Waals surface area contributed by atoms with Crippen molar-refractivity contribution < 1.29 is 19.1 Å². The fourth-order valence-corrected chi connectivity index (χ4v) is 2.76. The molecule has 1 N–H and O–H groups in total. The second-order valence-electron chi connectivity index (χ2n) is 5.73. The third-order valence-corrected chi connectivity index (χ3v) is 4.06. The highest BCUT2D eigenvalue weighted by Crippen LogP contribution is 2.24. The summed E-state index contributed by atoms with van der Waals surface area (Å²) >= 11 is 0. The number of hydrogen-bond donors (Lipinski definition) is 1. The fraction of sp³-hybridized carbons (Fsp3) is 0.263. The number of methoxy groups -OCH3 is 1. The molecular weight excluding hydrogens is 320 g/mol. The van der Waals surface area contributed by atoms with Crippen molar-refractivity contribution in [1.82, 2.24) is 4.90 Å². The van der Waals surface area contributed by atoms with E-state index >= 15 is 0 Å². The van der Waals surface area contributed by atoms with Gasteiger partial charge in [0.1, 0.15) is 18.4 Å². The van der Waals surface area contributed by atoms with Crippen LogP contribution in [0.25, 0.3) is 0 Å². The summed E-state index contributed by atoms with van der Waals surface area (Å²) in [6.45, 7) is 0.526. The van der Waals surface area contributed by atoms with Gasteiger partial charge in [0.15, 0.2) is 0 Å². The minimum absolute atomic E-state index is 0.00866. The van der Waals surface area contributed by atoms with Gasteiger partial charge in [0, 0.05) is 6.54 Å². The predicted molar refractivity (Wildman–Crippen MR) is 93.2 cm³/mol. The Kier molecular flexibility index (Phi) is 5.30. The van der Waals surface area contributed by atoms with Crippen LogP contribution in [0.5, 0.6) is 5.75 Å². The first-order chi connectivity index (χ1) is 12.2. The van der Waals surface area contributed by atoms with Gasteiger partial charge in [-0.2, -0.15) is 0 Å². The Hall–Kier alpha value is -2.86. The molecule has 1 heterocycles. The van der Waals surface area contributed by atoms with Gasteiger partial charge in [0.25, 0.3) is 0 Å². The maximum Gasteiger partial charge on any atom is 0.249 e. The third kappa shape index (κ3) is 3.97. The van der Waals surface area contributed by atoms with Gasteiger partial charge in [-0.15, -0.1) is 0 Å². The van der Waals surface area contributed by atoms with Gasteiger partial charge < -0.3 is 19.7 Å². The Morgan fingerprint density at radius 3 is 2.68 bits per heavy atom. The minimum Gasteiger partial charge on any atom is -0.495 e. The molecule has 130 valence electrons. The van der Waals surface area contributed by atoms with Crippen LogP contribution in [0.3, 0.4) is 0 Å². The summed E-state index contributed by atoms with van der Waals surface area (Å²) < 4.78 is 10.5. The van der Waals surface area contributed by atoms with Crippen LogP contribution in [0.4, 0.5) is 5.69 Å². The Balaban J connectivity index is 1.77. The molecule has 1 aliphatic rings. The molecule has 0 spiro atoms. The number of benzene rings is 2. The Morgan fingerprint density at radius 2 is 1.92 bits per heavy atom. The highest BCUT2D eigenvalue weighted by molar-refractivity contribution is 5.98. The first kappa shape index (κ1) is 17.0. The Bertz CT molecular complexity index is 748. The zero-order valence-electron chi connectivity index (χ0n) is 14.0. The van der Waals surface area contributed by atoms with Crippen LogP contribution in [-0.2, 0) is 20.9 Å². The molecule has 1 aliphatic heterocycles. The molecular formula is C19H20N2O4. The summed E-state index contributed by atoms with van der Waals surface area (Å²) in [5, 5.41) is 2.83. The van der Waals surface area contributed by atoms with E-state index in [2.05, 4.69) is 5.32 Å². The van der Waals surface area contributed by atoms with Gasteiger partial charge in [-0.1, -0.05) is 42.5 Å². The number of nitrogens with one attached hydrogen (secondary N) is 1. The van der Waals surface area contributed by atoms with Gasteiger partial charge in [-0.3, -0.25) is 9.59 Å². The zero-order valence-corrected chi connectivity index (χ0v) is 14.0. The molecule has 0 saturated carbocycles. The fourth-order valence-electron chi connectivity index (χ4n) is 2.76. The van der Waals surface area contributed by atoms with Crippen LogP contribution in [0, 0.1) is 0 Å². The monoisotopic (exact) mass is 340 g/mol. The standard InChI is InChI=1S/C19H20N2O4/c1-24-17-10-6-5-9-15(17)20-19(23)16-12-25-13-18(22)21(16)11-14-7-3-2-4-8-14/h2-10,16H,11-13H2,1H3,(H,20,23)/t16-/m1/s1. The number of nitrogens with zero attached hydrogens (tertiary/aromatic N) is 1. The summed E-state index contributed by atoms with van der Waals surface area (Å²) in [5.74, 6) is 0.0669. The van der Waals surface area contributed by atoms with Gasteiger partial charge in [0.05, 0.1) is 19.4 Å². The van der Waals surface area contributed by atoms with Crippen molar-refractivity contribution in [2.45, 2.75) is 12.6 Å². The van der Waals surface area contributed by atoms with Crippen molar-refractivity contribution in [1.29, 1.82) is 0 Å². The number of para-hydroxylation sites is 2. The summed E-state index contributed by atoms with van der Waals surface area (Å²) in [6, 6.07) is 16.0. The highest BCUT2D eigenvalue weighted by Gasteiger charge is 2.34. The molecule has 3 rings (SSSR count). The van der Waals surface area contributed by atoms with Crippen LogP contribution < -0.4 is 10.1 Å². The van der Waals surface area contributed by atoms with Crippen LogP contribution >= 0.6 is 0 Å². The van der Waals surface area contributed by atoms with Crippen LogP contribution in [0.15, 0.2) is 54.6 Å². The number of carbonyl (C=O) groups is 2. The molecule has 0 aromatic heterocycles. The van der Waals surface area contributed by atoms with Crippen LogP contribution in [-0.4, -0.2) is 43.1 Å². The first-order valence-electron chi connectivity index (χ1n) is 8.04. The lowest BCUT2D eigenvalue weighted by Gasteiger charge is -2.34. The van der Waals surface area contributed by atoms with E-state index in [0.29, 0.717) is 18.0 Å². The van der Waals surface area contributed by atoms with E-state index in [0.717, 1.165) is 5.56 Å². The third-order valence-electron chi connectivity index (χ3n) is 4.06. The predicted octanol–water partition coefficient (Wildman–Crippen LogP) is 2.06. The second-order valence-corrected chi connectivity index (χ2v) is 5.73. The average molecular weight is 340 g/mol. The van der Waals surface area contributed by atoms with E-state index in [1.807, 2.05) is 42.5 Å². The number of ether oxygens (including phenoxy) is 2. The van der Waals surface area contributed by atoms with Crippen molar-refractivity contribution in [3.63, 3.8) is 0 Å². The number of rotatable bonds is 5. The van der Waals surface area contributed by atoms with Crippen molar-refractivity contribution >= 4 is 17.5 Å².